The number of phenolic OH excluding ortho intramolecular Hbond substituents is 1. The van der Waals surface area contributed by atoms with E-state index in [4.69, 9.17) is 10.1 Å². The van der Waals surface area contributed by atoms with E-state index in [1.165, 1.54) is 52.8 Å². The van der Waals surface area contributed by atoms with E-state index in [-0.39, 0.29) is 5.75 Å². The van der Waals surface area contributed by atoms with Gasteiger partial charge in [-0.05, 0) is 103 Å². The molecule has 4 heteroatoms. The summed E-state index contributed by atoms with van der Waals surface area (Å²) >= 11 is 0. The van der Waals surface area contributed by atoms with Gasteiger partial charge in [-0.2, -0.15) is 0 Å². The van der Waals surface area contributed by atoms with Crippen LogP contribution in [0.15, 0.2) is 96.3 Å². The van der Waals surface area contributed by atoms with Gasteiger partial charge in [0.1, 0.15) is 0 Å². The van der Waals surface area contributed by atoms with E-state index < -0.39 is 5.82 Å². The van der Waals surface area contributed by atoms with Crippen LogP contribution in [0.25, 0.3) is 16.8 Å². The van der Waals surface area contributed by atoms with E-state index in [1.807, 2.05) is 26.1 Å². The zero-order chi connectivity index (χ0) is 33.9. The normalized spacial score (nSPS) is 12.0. The lowest BCUT2D eigenvalue weighted by molar-refractivity contribution is 0.431. The first-order valence-electron chi connectivity index (χ1n) is 17.1. The van der Waals surface area contributed by atoms with Crippen molar-refractivity contribution < 1.29 is 9.50 Å². The first kappa shape index (κ1) is 38.1. The molecule has 0 aliphatic rings. The number of allylic oxidation sites excluding steroid dienone is 1. The zero-order valence-corrected chi connectivity index (χ0v) is 29.4. The molecule has 0 bridgehead atoms. The van der Waals surface area contributed by atoms with Crippen molar-refractivity contribution >= 4 is 11.4 Å². The number of nitrogens with zero attached hydrogens (tertiary/aromatic N) is 2. The minimum absolute atomic E-state index is 0.242. The van der Waals surface area contributed by atoms with E-state index in [2.05, 4.69) is 101 Å². The van der Waals surface area contributed by atoms with Gasteiger partial charge in [0.05, 0.1) is 5.70 Å². The van der Waals surface area contributed by atoms with Crippen molar-refractivity contribution in [3.8, 4) is 16.9 Å². The van der Waals surface area contributed by atoms with Crippen LogP contribution in [0.1, 0.15) is 121 Å². The lowest BCUT2D eigenvalue weighted by Crippen LogP contribution is -2.01. The van der Waals surface area contributed by atoms with E-state index in [0.29, 0.717) is 5.92 Å². The molecule has 4 rings (SSSR count). The second-order valence-corrected chi connectivity index (χ2v) is 11.5. The molecule has 3 aromatic carbocycles. The number of unbranched alkanes of at least 4 members (excludes halogenated alkanes) is 3. The predicted octanol–water partition coefficient (Wildman–Crippen LogP) is 12.5. The van der Waals surface area contributed by atoms with Gasteiger partial charge in [0, 0.05) is 23.7 Å². The molecule has 1 atom stereocenters. The summed E-state index contributed by atoms with van der Waals surface area (Å²) in [4.78, 5) is 9.29. The molecule has 0 fully saturated rings. The average molecular weight is 623 g/mol. The first-order valence-corrected chi connectivity index (χ1v) is 17.1. The molecule has 0 spiro atoms. The lowest BCUT2D eigenvalue weighted by Gasteiger charge is -2.16. The molecule has 3 nitrogen and oxygen atoms in total. The van der Waals surface area contributed by atoms with Gasteiger partial charge in [0.25, 0.3) is 0 Å². The monoisotopic (exact) mass is 622 g/mol. The Kier molecular flexibility index (Phi) is 17.3. The fourth-order valence-corrected chi connectivity index (χ4v) is 5.20. The third-order valence-electron chi connectivity index (χ3n) is 7.98. The number of benzene rings is 3. The van der Waals surface area contributed by atoms with Crippen molar-refractivity contribution in [2.45, 2.75) is 106 Å². The Labute approximate surface area is 278 Å². The van der Waals surface area contributed by atoms with Gasteiger partial charge >= 0.3 is 0 Å². The van der Waals surface area contributed by atoms with Crippen molar-refractivity contribution in [3.63, 3.8) is 0 Å². The maximum Gasteiger partial charge on any atom is 0.164 e. The summed E-state index contributed by atoms with van der Waals surface area (Å²) < 4.78 is 12.6. The molecular weight excluding hydrogens is 567 g/mol. The summed E-state index contributed by atoms with van der Waals surface area (Å²) in [5.41, 5.74) is 10.6. The highest BCUT2D eigenvalue weighted by Crippen LogP contribution is 2.32. The van der Waals surface area contributed by atoms with Gasteiger partial charge < -0.3 is 5.11 Å². The maximum atomic E-state index is 12.6. The molecule has 1 N–H and O–H groups in total. The molecule has 246 valence electrons. The minimum Gasteiger partial charge on any atom is -0.505 e. The van der Waals surface area contributed by atoms with Gasteiger partial charge in [-0.25, -0.2) is 4.39 Å². The number of aromatic nitrogens is 1. The summed E-state index contributed by atoms with van der Waals surface area (Å²) in [6.07, 6.45) is 13.5. The number of aryl methyl sites for hydroxylation is 2. The van der Waals surface area contributed by atoms with Crippen LogP contribution in [0, 0.1) is 12.7 Å². The highest BCUT2D eigenvalue weighted by Gasteiger charge is 2.12. The molecule has 0 aliphatic heterocycles. The van der Waals surface area contributed by atoms with Gasteiger partial charge in [-0.3, -0.25) is 9.98 Å². The Balaban J connectivity index is 0.000000410. The highest BCUT2D eigenvalue weighted by molar-refractivity contribution is 6.03. The van der Waals surface area contributed by atoms with E-state index in [9.17, 15) is 4.39 Å². The molecule has 0 aliphatic carbocycles. The van der Waals surface area contributed by atoms with Crippen molar-refractivity contribution in [1.82, 2.24) is 4.98 Å². The Morgan fingerprint density at radius 2 is 1.70 bits per heavy atom. The molecule has 0 saturated carbocycles. The molecular formula is C42H55FN2O. The zero-order valence-electron chi connectivity index (χ0n) is 29.4. The predicted molar refractivity (Wildman–Crippen MR) is 197 cm³/mol. The third-order valence-corrected chi connectivity index (χ3v) is 7.98. The molecule has 0 radical (unpaired) electrons. The smallest absolute Gasteiger partial charge is 0.164 e. The number of rotatable bonds is 12. The van der Waals surface area contributed by atoms with E-state index in [1.54, 1.807) is 12.3 Å². The van der Waals surface area contributed by atoms with Crippen LogP contribution in [0.4, 0.5) is 4.39 Å². The van der Waals surface area contributed by atoms with Crippen LogP contribution in [0.3, 0.4) is 0 Å². The number of pyridine rings is 1. The Bertz CT molecular complexity index is 1520. The number of hydrogen-bond acceptors (Lipinski definition) is 3. The molecule has 1 unspecified atom stereocenters. The van der Waals surface area contributed by atoms with Crippen LogP contribution in [0.2, 0.25) is 0 Å². The standard InChI is InChI=1S/C29H34N2.C11H15FO.C2H6/c1-6-8-15-29(25-12-11-18-30-20-25)31-23(5)26-17-16-24(19-22(26)4)28-14-10-9-13-27(28)21(3)7-2;1-2-3-4-5-9-6-7-10(12)11(13)8-9;1-2/h9-21H,6-8H2,1-5H3;6-8,13H,2-5H2,1H3;1-2H3/b29-15+,31-23?;;. The summed E-state index contributed by atoms with van der Waals surface area (Å²) in [6, 6.07) is 24.1. The Hall–Kier alpha value is -4.05. The number of phenols is 1. The summed E-state index contributed by atoms with van der Waals surface area (Å²) in [5, 5.41) is 9.08. The fraction of sp³-hybridized carbons (Fsp3) is 0.381. The van der Waals surface area contributed by atoms with Crippen molar-refractivity contribution in [3.05, 3.63) is 125 Å². The Morgan fingerprint density at radius 3 is 2.33 bits per heavy atom. The SMILES string of the molecule is CC.CCC/C=C(/N=C(C)c1ccc(-c2ccccc2C(C)CC)cc1C)c1cccnc1.CCCCCc1ccc(F)c(O)c1. The van der Waals surface area contributed by atoms with E-state index >= 15 is 0 Å². The van der Waals surface area contributed by atoms with Crippen molar-refractivity contribution in [2.75, 3.05) is 0 Å². The largest absolute Gasteiger partial charge is 0.505 e. The lowest BCUT2D eigenvalue weighted by atomic mass is 9.89. The quantitative estimate of drug-likeness (QED) is 0.126. The summed E-state index contributed by atoms with van der Waals surface area (Å²) in [7, 11) is 0. The van der Waals surface area contributed by atoms with Crippen LogP contribution in [-0.4, -0.2) is 15.8 Å². The van der Waals surface area contributed by atoms with Gasteiger partial charge in [-0.1, -0.05) is 115 Å². The average Bonchev–Trinajstić information content (AvgIpc) is 3.09. The third kappa shape index (κ3) is 11.7. The molecule has 0 saturated heterocycles. The molecule has 4 aromatic rings. The van der Waals surface area contributed by atoms with Crippen LogP contribution in [0.5, 0.6) is 5.75 Å². The second kappa shape index (κ2) is 20.9. The maximum absolute atomic E-state index is 12.6. The molecule has 1 aromatic heterocycles. The van der Waals surface area contributed by atoms with Crippen LogP contribution >= 0.6 is 0 Å². The van der Waals surface area contributed by atoms with Crippen molar-refractivity contribution in [1.29, 1.82) is 0 Å². The fourth-order valence-electron chi connectivity index (χ4n) is 5.20. The molecule has 0 amide bonds. The van der Waals surface area contributed by atoms with E-state index in [0.717, 1.165) is 54.6 Å². The summed E-state index contributed by atoms with van der Waals surface area (Å²) in [5.74, 6) is -0.238. The Morgan fingerprint density at radius 1 is 0.935 bits per heavy atom. The number of hydrogen-bond donors (Lipinski definition) is 1. The highest BCUT2D eigenvalue weighted by atomic mass is 19.1. The second-order valence-electron chi connectivity index (χ2n) is 11.5. The van der Waals surface area contributed by atoms with Gasteiger partial charge in [0.15, 0.2) is 11.6 Å². The van der Waals surface area contributed by atoms with Crippen LogP contribution < -0.4 is 0 Å². The van der Waals surface area contributed by atoms with Gasteiger partial charge in [0.2, 0.25) is 0 Å². The number of halogens is 1. The summed E-state index contributed by atoms with van der Waals surface area (Å²) in [6.45, 7) is 17.2. The van der Waals surface area contributed by atoms with Crippen molar-refractivity contribution in [2.24, 2.45) is 4.99 Å². The number of aromatic hydroxyl groups is 1. The minimum atomic E-state index is -0.542. The molecule has 46 heavy (non-hydrogen) atoms. The topological polar surface area (TPSA) is 45.5 Å². The first-order chi connectivity index (χ1) is 22.3. The number of aliphatic imine (C=N–C) groups is 1. The van der Waals surface area contributed by atoms with Crippen LogP contribution in [-0.2, 0) is 6.42 Å². The van der Waals surface area contributed by atoms with Gasteiger partial charge in [-0.15, -0.1) is 0 Å². The molecule has 1 heterocycles.